The number of aromatic nitrogens is 2. The lowest BCUT2D eigenvalue weighted by Crippen LogP contribution is -2.14. The van der Waals surface area contributed by atoms with Crippen molar-refractivity contribution in [3.05, 3.63) is 41.0 Å². The van der Waals surface area contributed by atoms with E-state index in [1.54, 1.807) is 6.92 Å². The predicted molar refractivity (Wildman–Crippen MR) is 73.5 cm³/mol. The van der Waals surface area contributed by atoms with E-state index in [-0.39, 0.29) is 16.2 Å². The van der Waals surface area contributed by atoms with Crippen LogP contribution in [-0.4, -0.2) is 21.7 Å². The molecule has 0 spiro atoms. The van der Waals surface area contributed by atoms with E-state index >= 15 is 0 Å². The number of aryl methyl sites for hydroxylation is 1. The zero-order valence-corrected chi connectivity index (χ0v) is 11.4. The standard InChI is InChI=1S/C12H12F2N4OS/c1-6-17-9(18-19-6)4-5-16-8-3-2-7(12(15)20)10(13)11(8)14/h2-3,16H,4-5H2,1H3,(H2,15,20). The topological polar surface area (TPSA) is 77.0 Å². The SMILES string of the molecule is Cc1nc(CCNc2ccc(C(N)=S)c(F)c2F)no1. The van der Waals surface area contributed by atoms with Crippen molar-refractivity contribution in [1.82, 2.24) is 10.1 Å². The second-order valence-electron chi connectivity index (χ2n) is 4.06. The molecule has 106 valence electrons. The first-order valence-electron chi connectivity index (χ1n) is 5.80. The lowest BCUT2D eigenvalue weighted by atomic mass is 10.1. The molecule has 0 saturated heterocycles. The molecule has 0 aliphatic carbocycles. The molecule has 3 N–H and O–H groups in total. The Labute approximate surface area is 119 Å². The molecule has 0 saturated carbocycles. The van der Waals surface area contributed by atoms with Gasteiger partial charge >= 0.3 is 0 Å². The van der Waals surface area contributed by atoms with Crippen LogP contribution in [0.25, 0.3) is 0 Å². The molecular formula is C12H12F2N4OS. The quantitative estimate of drug-likeness (QED) is 0.822. The Morgan fingerprint density at radius 2 is 2.15 bits per heavy atom. The highest BCUT2D eigenvalue weighted by molar-refractivity contribution is 7.80. The van der Waals surface area contributed by atoms with E-state index < -0.39 is 11.6 Å². The first kappa shape index (κ1) is 14.3. The summed E-state index contributed by atoms with van der Waals surface area (Å²) in [5.41, 5.74) is 5.21. The van der Waals surface area contributed by atoms with Gasteiger partial charge in [-0.1, -0.05) is 17.4 Å². The van der Waals surface area contributed by atoms with Crippen molar-refractivity contribution in [3.8, 4) is 0 Å². The lowest BCUT2D eigenvalue weighted by molar-refractivity contribution is 0.387. The summed E-state index contributed by atoms with van der Waals surface area (Å²) in [5.74, 6) is -1.12. The molecule has 0 radical (unpaired) electrons. The molecule has 0 aliphatic heterocycles. The van der Waals surface area contributed by atoms with E-state index in [1.807, 2.05) is 0 Å². The van der Waals surface area contributed by atoms with Gasteiger partial charge in [0.25, 0.3) is 0 Å². The molecule has 5 nitrogen and oxygen atoms in total. The Morgan fingerprint density at radius 3 is 2.75 bits per heavy atom. The number of nitrogens with one attached hydrogen (secondary N) is 1. The predicted octanol–water partition coefficient (Wildman–Crippen LogP) is 1.95. The van der Waals surface area contributed by atoms with E-state index in [9.17, 15) is 8.78 Å². The Kier molecular flexibility index (Phi) is 4.23. The number of hydrogen-bond acceptors (Lipinski definition) is 5. The number of thiocarbonyl (C=S) groups is 1. The largest absolute Gasteiger partial charge is 0.389 e. The van der Waals surface area contributed by atoms with Crippen LogP contribution in [-0.2, 0) is 6.42 Å². The summed E-state index contributed by atoms with van der Waals surface area (Å²) in [6.07, 6.45) is 0.426. The van der Waals surface area contributed by atoms with Gasteiger partial charge in [0.05, 0.1) is 5.69 Å². The molecule has 0 fully saturated rings. The van der Waals surface area contributed by atoms with E-state index in [1.165, 1.54) is 12.1 Å². The third-order valence-electron chi connectivity index (χ3n) is 2.58. The summed E-state index contributed by atoms with van der Waals surface area (Å²) in [6.45, 7) is 2.01. The fourth-order valence-corrected chi connectivity index (χ4v) is 1.79. The third kappa shape index (κ3) is 3.08. The molecule has 1 aromatic heterocycles. The number of benzene rings is 1. The Morgan fingerprint density at radius 1 is 1.40 bits per heavy atom. The Balaban J connectivity index is 2.03. The van der Waals surface area contributed by atoms with Gasteiger partial charge in [-0.05, 0) is 12.1 Å². The maximum absolute atomic E-state index is 13.7. The fourth-order valence-electron chi connectivity index (χ4n) is 1.63. The summed E-state index contributed by atoms with van der Waals surface area (Å²) < 4.78 is 32.2. The molecule has 0 amide bonds. The van der Waals surface area contributed by atoms with Gasteiger partial charge in [-0.25, -0.2) is 8.78 Å². The third-order valence-corrected chi connectivity index (χ3v) is 2.80. The maximum atomic E-state index is 13.7. The van der Waals surface area contributed by atoms with Crippen LogP contribution in [0.5, 0.6) is 0 Å². The minimum Gasteiger partial charge on any atom is -0.389 e. The van der Waals surface area contributed by atoms with Crippen LogP contribution in [0.1, 0.15) is 17.3 Å². The molecule has 1 heterocycles. The smallest absolute Gasteiger partial charge is 0.223 e. The van der Waals surface area contributed by atoms with Gasteiger partial charge in [0.1, 0.15) is 4.99 Å². The van der Waals surface area contributed by atoms with Crippen molar-refractivity contribution < 1.29 is 13.3 Å². The highest BCUT2D eigenvalue weighted by Crippen LogP contribution is 2.20. The minimum atomic E-state index is -1.06. The molecule has 0 aliphatic rings. The van der Waals surface area contributed by atoms with Crippen LogP contribution < -0.4 is 11.1 Å². The van der Waals surface area contributed by atoms with Gasteiger partial charge in [-0.15, -0.1) is 0 Å². The van der Waals surface area contributed by atoms with Crippen molar-refractivity contribution in [2.75, 3.05) is 11.9 Å². The minimum absolute atomic E-state index is 0.0303. The van der Waals surface area contributed by atoms with Crippen LogP contribution in [0, 0.1) is 18.6 Å². The normalized spacial score (nSPS) is 10.6. The summed E-state index contributed by atoms with van der Waals surface area (Å²) in [5, 5.41) is 6.45. The highest BCUT2D eigenvalue weighted by Gasteiger charge is 2.14. The molecule has 8 heteroatoms. The number of nitrogens with zero attached hydrogens (tertiary/aromatic N) is 2. The van der Waals surface area contributed by atoms with E-state index in [0.29, 0.717) is 24.7 Å². The van der Waals surface area contributed by atoms with Crippen molar-refractivity contribution >= 4 is 22.9 Å². The maximum Gasteiger partial charge on any atom is 0.223 e. The zero-order chi connectivity index (χ0) is 14.7. The zero-order valence-electron chi connectivity index (χ0n) is 10.6. The van der Waals surface area contributed by atoms with Gasteiger partial charge in [0.2, 0.25) is 5.89 Å². The van der Waals surface area contributed by atoms with Crippen molar-refractivity contribution in [2.24, 2.45) is 5.73 Å². The van der Waals surface area contributed by atoms with Crippen LogP contribution in [0.4, 0.5) is 14.5 Å². The Bertz CT molecular complexity index is 644. The van der Waals surface area contributed by atoms with Crippen molar-refractivity contribution in [1.29, 1.82) is 0 Å². The first-order chi connectivity index (χ1) is 9.49. The van der Waals surface area contributed by atoms with Crippen molar-refractivity contribution in [3.63, 3.8) is 0 Å². The molecule has 0 bridgehead atoms. The summed E-state index contributed by atoms with van der Waals surface area (Å²) in [7, 11) is 0. The lowest BCUT2D eigenvalue weighted by Gasteiger charge is -2.09. The van der Waals surface area contributed by atoms with Gasteiger partial charge in [-0.3, -0.25) is 0 Å². The van der Waals surface area contributed by atoms with Gasteiger partial charge in [0, 0.05) is 25.5 Å². The molecule has 1 aromatic carbocycles. The monoisotopic (exact) mass is 298 g/mol. The molecule has 20 heavy (non-hydrogen) atoms. The molecular weight excluding hydrogens is 286 g/mol. The van der Waals surface area contributed by atoms with E-state index in [0.717, 1.165) is 0 Å². The first-order valence-corrected chi connectivity index (χ1v) is 6.20. The number of halogens is 2. The van der Waals surface area contributed by atoms with Gasteiger partial charge in [0.15, 0.2) is 17.5 Å². The Hall–Kier alpha value is -2.09. The number of anilines is 1. The molecule has 2 rings (SSSR count). The number of hydrogen-bond donors (Lipinski definition) is 2. The second-order valence-corrected chi connectivity index (χ2v) is 4.50. The van der Waals surface area contributed by atoms with Crippen LogP contribution >= 0.6 is 12.2 Å². The second kappa shape index (κ2) is 5.91. The summed E-state index contributed by atoms with van der Waals surface area (Å²) in [6, 6.07) is 2.72. The fraction of sp³-hybridized carbons (Fsp3) is 0.250. The summed E-state index contributed by atoms with van der Waals surface area (Å²) in [4.78, 5) is 3.81. The highest BCUT2D eigenvalue weighted by atomic mass is 32.1. The average molecular weight is 298 g/mol. The van der Waals surface area contributed by atoms with E-state index in [2.05, 4.69) is 27.7 Å². The number of rotatable bonds is 5. The summed E-state index contributed by atoms with van der Waals surface area (Å²) >= 11 is 4.63. The molecule has 2 aromatic rings. The van der Waals surface area contributed by atoms with Crippen LogP contribution in [0.15, 0.2) is 16.7 Å². The van der Waals surface area contributed by atoms with E-state index in [4.69, 9.17) is 10.3 Å². The van der Waals surface area contributed by atoms with Crippen LogP contribution in [0.3, 0.4) is 0 Å². The number of nitrogens with two attached hydrogens (primary N) is 1. The van der Waals surface area contributed by atoms with Crippen molar-refractivity contribution in [2.45, 2.75) is 13.3 Å². The molecule has 0 unspecified atom stereocenters. The van der Waals surface area contributed by atoms with Gasteiger partial charge < -0.3 is 15.6 Å². The van der Waals surface area contributed by atoms with Gasteiger partial charge in [-0.2, -0.15) is 4.98 Å². The molecule has 0 atom stereocenters. The van der Waals surface area contributed by atoms with Crippen LogP contribution in [0.2, 0.25) is 0 Å². The average Bonchev–Trinajstić information content (AvgIpc) is 2.80.